The van der Waals surface area contributed by atoms with Gasteiger partial charge in [-0.05, 0) is 43.7 Å². The number of benzene rings is 1. The molecule has 0 aromatic heterocycles. The number of ketones is 1. The van der Waals surface area contributed by atoms with Gasteiger partial charge in [-0.3, -0.25) is 9.59 Å². The first-order valence-electron chi connectivity index (χ1n) is 12.4. The van der Waals surface area contributed by atoms with Crippen molar-refractivity contribution in [2.75, 3.05) is 6.54 Å². The second-order valence-electron chi connectivity index (χ2n) is 8.73. The van der Waals surface area contributed by atoms with Gasteiger partial charge in [0.25, 0.3) is 0 Å². The largest absolute Gasteiger partial charge is 0.356 e. The molecule has 0 heterocycles. The third-order valence-electron chi connectivity index (χ3n) is 6.08. The lowest BCUT2D eigenvalue weighted by Crippen LogP contribution is -2.25. The molecule has 0 spiro atoms. The van der Waals surface area contributed by atoms with Crippen LogP contribution < -0.4 is 5.32 Å². The fraction of sp³-hybridized carbons (Fsp3) is 0.571. The fourth-order valence-corrected chi connectivity index (χ4v) is 4.18. The van der Waals surface area contributed by atoms with Gasteiger partial charge in [0.1, 0.15) is 0 Å². The Morgan fingerprint density at radius 2 is 1.71 bits per heavy atom. The monoisotopic (exact) mass is 423 g/mol. The van der Waals surface area contributed by atoms with E-state index in [1.54, 1.807) is 6.08 Å². The van der Waals surface area contributed by atoms with E-state index in [1.807, 2.05) is 18.2 Å². The fourth-order valence-electron chi connectivity index (χ4n) is 4.18. The summed E-state index contributed by atoms with van der Waals surface area (Å²) in [4.78, 5) is 24.1. The molecule has 0 fully saturated rings. The standard InChI is InChI=1S/C28H41NO2/c1-2-3-4-5-6-12-17-25-20-21-27(30)26(25)18-13-7-8-14-19-28(31)29-23-22-24-15-10-9-11-16-24/h9-11,15-16,18,20-21,25H,2-8,12-14,17,19,22-23H2,1H3,(H,29,31)/b26-18+/t25-/m0/s1. The van der Waals surface area contributed by atoms with Crippen molar-refractivity contribution in [1.29, 1.82) is 0 Å². The Bertz CT molecular complexity index is 705. The summed E-state index contributed by atoms with van der Waals surface area (Å²) in [6.07, 6.45) is 20.3. The van der Waals surface area contributed by atoms with E-state index in [1.165, 1.54) is 44.1 Å². The van der Waals surface area contributed by atoms with E-state index in [0.29, 0.717) is 18.9 Å². The molecule has 1 N–H and O–H groups in total. The van der Waals surface area contributed by atoms with Gasteiger partial charge in [-0.2, -0.15) is 0 Å². The van der Waals surface area contributed by atoms with Crippen LogP contribution in [0.3, 0.4) is 0 Å². The maximum atomic E-state index is 12.2. The summed E-state index contributed by atoms with van der Waals surface area (Å²) in [6.45, 7) is 2.94. The van der Waals surface area contributed by atoms with Crippen LogP contribution in [-0.4, -0.2) is 18.2 Å². The molecule has 1 aliphatic carbocycles. The van der Waals surface area contributed by atoms with Crippen LogP contribution in [-0.2, 0) is 16.0 Å². The lowest BCUT2D eigenvalue weighted by atomic mass is 9.94. The van der Waals surface area contributed by atoms with Gasteiger partial charge in [-0.1, -0.05) is 94.4 Å². The zero-order valence-electron chi connectivity index (χ0n) is 19.4. The molecule has 1 amide bonds. The number of amides is 1. The predicted octanol–water partition coefficient (Wildman–Crippen LogP) is 6.73. The van der Waals surface area contributed by atoms with E-state index in [9.17, 15) is 9.59 Å². The third-order valence-corrected chi connectivity index (χ3v) is 6.08. The van der Waals surface area contributed by atoms with Gasteiger partial charge in [0.2, 0.25) is 5.91 Å². The number of nitrogens with one attached hydrogen (secondary N) is 1. The van der Waals surface area contributed by atoms with E-state index in [4.69, 9.17) is 0 Å². The molecule has 0 aliphatic heterocycles. The Morgan fingerprint density at radius 1 is 0.968 bits per heavy atom. The molecule has 3 heteroatoms. The Labute approximate surface area is 189 Å². The summed E-state index contributed by atoms with van der Waals surface area (Å²) in [5, 5.41) is 3.01. The van der Waals surface area contributed by atoms with Crippen molar-refractivity contribution < 1.29 is 9.59 Å². The number of carbonyl (C=O) groups excluding carboxylic acids is 2. The molecule has 0 unspecified atom stereocenters. The molecule has 1 atom stereocenters. The second kappa shape index (κ2) is 15.6. The minimum atomic E-state index is 0.142. The van der Waals surface area contributed by atoms with Crippen molar-refractivity contribution >= 4 is 11.7 Å². The van der Waals surface area contributed by atoms with Gasteiger partial charge in [-0.15, -0.1) is 0 Å². The highest BCUT2D eigenvalue weighted by Gasteiger charge is 2.21. The highest BCUT2D eigenvalue weighted by molar-refractivity contribution is 6.07. The summed E-state index contributed by atoms with van der Waals surface area (Å²) in [7, 11) is 0. The first-order chi connectivity index (χ1) is 15.2. The summed E-state index contributed by atoms with van der Waals surface area (Å²) < 4.78 is 0. The van der Waals surface area contributed by atoms with Crippen LogP contribution in [0.2, 0.25) is 0 Å². The van der Waals surface area contributed by atoms with Crippen LogP contribution in [0, 0.1) is 5.92 Å². The highest BCUT2D eigenvalue weighted by Crippen LogP contribution is 2.28. The van der Waals surface area contributed by atoms with Crippen LogP contribution in [0.5, 0.6) is 0 Å². The van der Waals surface area contributed by atoms with Crippen LogP contribution in [0.4, 0.5) is 0 Å². The maximum Gasteiger partial charge on any atom is 0.220 e. The molecule has 1 aliphatic rings. The molecule has 1 aromatic rings. The van der Waals surface area contributed by atoms with Gasteiger partial charge in [0, 0.05) is 24.5 Å². The number of carbonyl (C=O) groups is 2. The summed E-state index contributed by atoms with van der Waals surface area (Å²) in [5.41, 5.74) is 2.26. The van der Waals surface area contributed by atoms with Gasteiger partial charge in [0.05, 0.1) is 0 Å². The zero-order valence-corrected chi connectivity index (χ0v) is 19.4. The Morgan fingerprint density at radius 3 is 2.52 bits per heavy atom. The SMILES string of the molecule is CCCCCCCC[C@H]1C=CC(=O)/C1=C/CCCCCC(=O)NCCc1ccccc1. The van der Waals surface area contributed by atoms with Crippen LogP contribution >= 0.6 is 0 Å². The molecule has 0 saturated carbocycles. The number of unbranched alkanes of at least 4 members (excludes halogenated alkanes) is 8. The van der Waals surface area contributed by atoms with Gasteiger partial charge >= 0.3 is 0 Å². The first kappa shape index (κ1) is 25.1. The lowest BCUT2D eigenvalue weighted by molar-refractivity contribution is -0.121. The average molecular weight is 424 g/mol. The van der Waals surface area contributed by atoms with E-state index in [2.05, 4.69) is 36.5 Å². The molecule has 31 heavy (non-hydrogen) atoms. The van der Waals surface area contributed by atoms with Crippen molar-refractivity contribution in [1.82, 2.24) is 5.32 Å². The molecule has 1 aromatic carbocycles. The predicted molar refractivity (Wildman–Crippen MR) is 130 cm³/mol. The smallest absolute Gasteiger partial charge is 0.220 e. The van der Waals surface area contributed by atoms with Crippen LogP contribution in [0.25, 0.3) is 0 Å². The molecule has 0 saturated heterocycles. The van der Waals surface area contributed by atoms with E-state index >= 15 is 0 Å². The van der Waals surface area contributed by atoms with Gasteiger partial charge < -0.3 is 5.32 Å². The minimum Gasteiger partial charge on any atom is -0.356 e. The van der Waals surface area contributed by atoms with Crippen LogP contribution in [0.15, 0.2) is 54.1 Å². The van der Waals surface area contributed by atoms with E-state index in [0.717, 1.165) is 44.1 Å². The number of hydrogen-bond donors (Lipinski definition) is 1. The van der Waals surface area contributed by atoms with Crippen molar-refractivity contribution in [2.24, 2.45) is 5.92 Å². The molecule has 0 radical (unpaired) electrons. The van der Waals surface area contributed by atoms with Gasteiger partial charge in [-0.25, -0.2) is 0 Å². The van der Waals surface area contributed by atoms with Crippen molar-refractivity contribution in [3.8, 4) is 0 Å². The number of allylic oxidation sites excluding steroid dienone is 4. The number of rotatable bonds is 16. The molecule has 170 valence electrons. The second-order valence-corrected chi connectivity index (χ2v) is 8.73. The van der Waals surface area contributed by atoms with Crippen molar-refractivity contribution in [3.63, 3.8) is 0 Å². The van der Waals surface area contributed by atoms with Crippen LogP contribution in [0.1, 0.15) is 89.5 Å². The summed E-state index contributed by atoms with van der Waals surface area (Å²) in [5.74, 6) is 0.673. The Kier molecular flexibility index (Phi) is 12.6. The number of hydrogen-bond acceptors (Lipinski definition) is 2. The quantitative estimate of drug-likeness (QED) is 0.237. The van der Waals surface area contributed by atoms with Gasteiger partial charge in [0.15, 0.2) is 5.78 Å². The molecular formula is C28H41NO2. The molecular weight excluding hydrogens is 382 g/mol. The third kappa shape index (κ3) is 10.6. The summed E-state index contributed by atoms with van der Waals surface area (Å²) in [6, 6.07) is 10.2. The maximum absolute atomic E-state index is 12.2. The topological polar surface area (TPSA) is 46.2 Å². The highest BCUT2D eigenvalue weighted by atomic mass is 16.1. The minimum absolute atomic E-state index is 0.142. The first-order valence-corrected chi connectivity index (χ1v) is 12.4. The molecule has 2 rings (SSSR count). The van der Waals surface area contributed by atoms with E-state index < -0.39 is 0 Å². The average Bonchev–Trinajstić information content (AvgIpc) is 3.13. The normalized spacial score (nSPS) is 16.9. The zero-order chi connectivity index (χ0) is 22.2. The Balaban J connectivity index is 1.53. The lowest BCUT2D eigenvalue weighted by Gasteiger charge is -2.10. The summed E-state index contributed by atoms with van der Waals surface area (Å²) >= 11 is 0. The Hall–Kier alpha value is -2.16. The van der Waals surface area contributed by atoms with Crippen molar-refractivity contribution in [3.05, 3.63) is 59.7 Å². The molecule has 0 bridgehead atoms. The molecule has 3 nitrogen and oxygen atoms in total. The van der Waals surface area contributed by atoms with E-state index in [-0.39, 0.29) is 11.7 Å². The van der Waals surface area contributed by atoms with Crippen molar-refractivity contribution in [2.45, 2.75) is 90.4 Å².